The molecule has 2 rings (SSSR count). The molecule has 0 aliphatic heterocycles. The third-order valence-electron chi connectivity index (χ3n) is 3.60. The van der Waals surface area contributed by atoms with E-state index in [1.165, 1.54) is 39.7 Å². The van der Waals surface area contributed by atoms with Crippen molar-refractivity contribution in [2.75, 3.05) is 27.9 Å². The summed E-state index contributed by atoms with van der Waals surface area (Å²) >= 11 is 0. The van der Waals surface area contributed by atoms with Crippen LogP contribution in [0, 0.1) is 0 Å². The van der Waals surface area contributed by atoms with E-state index in [1.54, 1.807) is 24.3 Å². The Labute approximate surface area is 162 Å². The lowest BCUT2D eigenvalue weighted by atomic mass is 10.2. The number of hydrogen-bond acceptors (Lipinski definition) is 7. The highest BCUT2D eigenvalue weighted by Crippen LogP contribution is 2.38. The number of hydrogen-bond donors (Lipinski definition) is 2. The molecule has 0 atom stereocenters. The zero-order chi connectivity index (χ0) is 20.5. The summed E-state index contributed by atoms with van der Waals surface area (Å²) in [5, 5.41) is 3.95. The van der Waals surface area contributed by atoms with E-state index in [2.05, 4.69) is 10.5 Å². The van der Waals surface area contributed by atoms with Gasteiger partial charge in [-0.2, -0.15) is 5.10 Å². The first-order chi connectivity index (χ1) is 13.5. The molecule has 0 aromatic heterocycles. The topological polar surface area (TPSA) is 121 Å². The van der Waals surface area contributed by atoms with Crippen molar-refractivity contribution in [3.63, 3.8) is 0 Å². The molecule has 0 radical (unpaired) electrons. The minimum Gasteiger partial charge on any atom is -0.493 e. The molecule has 2 aromatic rings. The number of ether oxygens (including phenoxy) is 4. The van der Waals surface area contributed by atoms with Crippen LogP contribution in [0.15, 0.2) is 41.5 Å². The second-order valence-corrected chi connectivity index (χ2v) is 5.40. The minimum atomic E-state index is -0.582. The predicted octanol–water partition coefficient (Wildman–Crippen LogP) is 1.34. The monoisotopic (exact) mass is 387 g/mol. The van der Waals surface area contributed by atoms with Crippen LogP contribution in [0.25, 0.3) is 0 Å². The van der Waals surface area contributed by atoms with Crippen LogP contribution < -0.4 is 30.1 Å². The van der Waals surface area contributed by atoms with E-state index in [0.29, 0.717) is 34.1 Å². The number of nitrogens with one attached hydrogen (secondary N) is 1. The van der Waals surface area contributed by atoms with E-state index < -0.39 is 11.8 Å². The zero-order valence-corrected chi connectivity index (χ0v) is 15.7. The van der Waals surface area contributed by atoms with Gasteiger partial charge in [-0.1, -0.05) is 0 Å². The van der Waals surface area contributed by atoms with Gasteiger partial charge in [0.2, 0.25) is 5.75 Å². The molecule has 0 saturated carbocycles. The Hall–Kier alpha value is -3.75. The van der Waals surface area contributed by atoms with Gasteiger partial charge in [0.1, 0.15) is 5.75 Å². The van der Waals surface area contributed by atoms with Crippen molar-refractivity contribution in [1.29, 1.82) is 0 Å². The number of carbonyl (C=O) groups is 2. The van der Waals surface area contributed by atoms with Gasteiger partial charge in [-0.15, -0.1) is 0 Å². The molecule has 3 N–H and O–H groups in total. The van der Waals surface area contributed by atoms with Crippen LogP contribution in [0.4, 0.5) is 0 Å². The van der Waals surface area contributed by atoms with Gasteiger partial charge in [-0.05, 0) is 36.4 Å². The molecule has 2 amide bonds. The summed E-state index contributed by atoms with van der Waals surface area (Å²) in [5.74, 6) is 0.787. The molecule has 0 fully saturated rings. The summed E-state index contributed by atoms with van der Waals surface area (Å²) < 4.78 is 21.0. The lowest BCUT2D eigenvalue weighted by Gasteiger charge is -2.13. The molecule has 148 valence electrons. The van der Waals surface area contributed by atoms with Gasteiger partial charge in [0.25, 0.3) is 11.8 Å². The van der Waals surface area contributed by atoms with Gasteiger partial charge in [0.05, 0.1) is 27.5 Å². The molecule has 0 heterocycles. The molecule has 0 spiro atoms. The number of primary amides is 1. The van der Waals surface area contributed by atoms with Crippen LogP contribution in [-0.2, 0) is 4.79 Å². The second-order valence-electron chi connectivity index (χ2n) is 5.40. The summed E-state index contributed by atoms with van der Waals surface area (Å²) in [6, 6.07) is 9.62. The highest BCUT2D eigenvalue weighted by Gasteiger charge is 2.14. The first-order valence-electron chi connectivity index (χ1n) is 8.13. The van der Waals surface area contributed by atoms with Crippen molar-refractivity contribution in [1.82, 2.24) is 5.43 Å². The van der Waals surface area contributed by atoms with Crippen molar-refractivity contribution >= 4 is 18.0 Å². The Morgan fingerprint density at radius 2 is 1.68 bits per heavy atom. The smallest absolute Gasteiger partial charge is 0.271 e. The molecule has 0 unspecified atom stereocenters. The predicted molar refractivity (Wildman–Crippen MR) is 102 cm³/mol. The van der Waals surface area contributed by atoms with Crippen molar-refractivity contribution in [2.45, 2.75) is 0 Å². The first-order valence-corrected chi connectivity index (χ1v) is 8.13. The largest absolute Gasteiger partial charge is 0.493 e. The molecule has 0 saturated heterocycles. The van der Waals surface area contributed by atoms with Crippen LogP contribution in [0.1, 0.15) is 15.9 Å². The van der Waals surface area contributed by atoms with Crippen LogP contribution >= 0.6 is 0 Å². The van der Waals surface area contributed by atoms with E-state index in [4.69, 9.17) is 24.7 Å². The standard InChI is InChI=1S/C19H21N3O6/c1-25-15-9-6-13(17(26-2)18(15)27-3)10-21-22-19(24)12-4-7-14(8-5-12)28-11-16(20)23/h4-10H,11H2,1-3H3,(H2,20,23)(H,22,24)/b21-10+. The number of nitrogens with zero attached hydrogens (tertiary/aromatic N) is 1. The maximum atomic E-state index is 12.2. The molecule has 2 aromatic carbocycles. The van der Waals surface area contributed by atoms with Gasteiger partial charge in [0, 0.05) is 11.1 Å². The number of benzene rings is 2. The molecule has 9 nitrogen and oxygen atoms in total. The van der Waals surface area contributed by atoms with E-state index in [9.17, 15) is 9.59 Å². The maximum absolute atomic E-state index is 12.2. The third kappa shape index (κ3) is 5.13. The van der Waals surface area contributed by atoms with Gasteiger partial charge < -0.3 is 24.7 Å². The van der Waals surface area contributed by atoms with Crippen molar-refractivity contribution < 1.29 is 28.5 Å². The fraction of sp³-hybridized carbons (Fsp3) is 0.211. The Morgan fingerprint density at radius 3 is 2.25 bits per heavy atom. The van der Waals surface area contributed by atoms with Crippen LogP contribution in [0.2, 0.25) is 0 Å². The van der Waals surface area contributed by atoms with E-state index >= 15 is 0 Å². The second kappa shape index (κ2) is 9.81. The Morgan fingerprint density at radius 1 is 1.00 bits per heavy atom. The fourth-order valence-corrected chi connectivity index (χ4v) is 2.31. The summed E-state index contributed by atoms with van der Waals surface area (Å²) in [7, 11) is 4.52. The summed E-state index contributed by atoms with van der Waals surface area (Å²) in [5.41, 5.74) is 8.39. The third-order valence-corrected chi connectivity index (χ3v) is 3.60. The minimum absolute atomic E-state index is 0.233. The van der Waals surface area contributed by atoms with Crippen molar-refractivity contribution in [3.05, 3.63) is 47.5 Å². The number of nitrogens with two attached hydrogens (primary N) is 1. The van der Waals surface area contributed by atoms with Gasteiger partial charge >= 0.3 is 0 Å². The zero-order valence-electron chi connectivity index (χ0n) is 15.7. The molecular weight excluding hydrogens is 366 g/mol. The van der Waals surface area contributed by atoms with Gasteiger partial charge in [-0.3, -0.25) is 9.59 Å². The summed E-state index contributed by atoms with van der Waals surface area (Å²) in [6.45, 7) is -0.233. The Balaban J connectivity index is 2.06. The normalized spacial score (nSPS) is 10.4. The lowest BCUT2D eigenvalue weighted by molar-refractivity contribution is -0.119. The average Bonchev–Trinajstić information content (AvgIpc) is 2.71. The maximum Gasteiger partial charge on any atom is 0.271 e. The lowest BCUT2D eigenvalue weighted by Crippen LogP contribution is -2.20. The molecule has 0 aliphatic carbocycles. The number of rotatable bonds is 9. The van der Waals surface area contributed by atoms with Gasteiger partial charge in [-0.25, -0.2) is 5.43 Å². The molecule has 28 heavy (non-hydrogen) atoms. The van der Waals surface area contributed by atoms with Crippen molar-refractivity contribution in [3.8, 4) is 23.0 Å². The van der Waals surface area contributed by atoms with Crippen LogP contribution in [0.5, 0.6) is 23.0 Å². The number of methoxy groups -OCH3 is 3. The van der Waals surface area contributed by atoms with Gasteiger partial charge in [0.15, 0.2) is 18.1 Å². The number of amides is 2. The SMILES string of the molecule is COc1ccc(/C=N/NC(=O)c2ccc(OCC(N)=O)cc2)c(OC)c1OC. The molecular formula is C19H21N3O6. The summed E-state index contributed by atoms with van der Waals surface area (Å²) in [4.78, 5) is 22.9. The van der Waals surface area contributed by atoms with Crippen molar-refractivity contribution in [2.24, 2.45) is 10.8 Å². The fourth-order valence-electron chi connectivity index (χ4n) is 2.31. The summed E-state index contributed by atoms with van der Waals surface area (Å²) in [6.07, 6.45) is 1.43. The average molecular weight is 387 g/mol. The highest BCUT2D eigenvalue weighted by atomic mass is 16.5. The quantitative estimate of drug-likeness (QED) is 0.495. The van der Waals surface area contributed by atoms with Crippen LogP contribution in [-0.4, -0.2) is 46.0 Å². The molecule has 0 bridgehead atoms. The molecule has 9 heteroatoms. The molecule has 0 aliphatic rings. The van der Waals surface area contributed by atoms with Crippen LogP contribution in [0.3, 0.4) is 0 Å². The Kier molecular flexibility index (Phi) is 7.21. The number of hydrazone groups is 1. The van der Waals surface area contributed by atoms with E-state index in [1.807, 2.05) is 0 Å². The highest BCUT2D eigenvalue weighted by molar-refractivity contribution is 5.95. The Bertz CT molecular complexity index is 865. The van der Waals surface area contributed by atoms with E-state index in [-0.39, 0.29) is 6.61 Å². The first kappa shape index (κ1) is 20.6. The van der Waals surface area contributed by atoms with E-state index in [0.717, 1.165) is 0 Å². The number of carbonyl (C=O) groups excluding carboxylic acids is 2.